The number of nitrogens with zero attached hydrogens (tertiary/aromatic N) is 1. The fourth-order valence-electron chi connectivity index (χ4n) is 1.43. The summed E-state index contributed by atoms with van der Waals surface area (Å²) in [5.74, 6) is -2.82. The van der Waals surface area contributed by atoms with Gasteiger partial charge in [-0.05, 0) is 18.2 Å². The van der Waals surface area contributed by atoms with Gasteiger partial charge in [0.2, 0.25) is 0 Å². The molecule has 0 aliphatic carbocycles. The molecule has 1 atom stereocenters. The number of nitrogen functional groups attached to an aromatic ring is 1. The Balaban J connectivity index is 2.51. The second-order valence-corrected chi connectivity index (χ2v) is 3.23. The molecule has 1 heterocycles. The number of aliphatic imine (C=N–C) groups is 1. The highest BCUT2D eigenvalue weighted by molar-refractivity contribution is 6.22. The number of hydrogen-bond acceptors (Lipinski definition) is 4. The van der Waals surface area contributed by atoms with Gasteiger partial charge in [0.15, 0.2) is 11.7 Å². The minimum atomic E-state index is -1.19. The Hall–Kier alpha value is -2.17. The van der Waals surface area contributed by atoms with Crippen molar-refractivity contribution in [3.05, 3.63) is 23.8 Å². The Bertz CT molecular complexity index is 480. The largest absolute Gasteiger partial charge is 0.480 e. The highest BCUT2D eigenvalue weighted by Crippen LogP contribution is 2.28. The van der Waals surface area contributed by atoms with Crippen molar-refractivity contribution < 1.29 is 14.7 Å². The molecule has 3 N–H and O–H groups in total. The summed E-state index contributed by atoms with van der Waals surface area (Å²) >= 11 is 0. The summed E-state index contributed by atoms with van der Waals surface area (Å²) in [5, 5.41) is 8.75. The highest BCUT2D eigenvalue weighted by atomic mass is 16.4. The molecule has 5 heteroatoms. The maximum Gasteiger partial charge on any atom is 0.319 e. The third-order valence-corrected chi connectivity index (χ3v) is 2.20. The van der Waals surface area contributed by atoms with Gasteiger partial charge in [-0.15, -0.1) is 0 Å². The van der Waals surface area contributed by atoms with E-state index in [1.54, 1.807) is 12.1 Å². The summed E-state index contributed by atoms with van der Waals surface area (Å²) in [6, 6.07) is 4.59. The predicted octanol–water partition coefficient (Wildman–Crippen LogP) is 0.868. The fraction of sp³-hybridized carbons (Fsp3) is 0.100. The molecule has 2 rings (SSSR count). The first-order valence-corrected chi connectivity index (χ1v) is 4.30. The van der Waals surface area contributed by atoms with Crippen LogP contribution in [-0.2, 0) is 4.79 Å². The van der Waals surface area contributed by atoms with E-state index < -0.39 is 17.7 Å². The van der Waals surface area contributed by atoms with Crippen LogP contribution in [0, 0.1) is 5.92 Å². The number of aliphatic carboxylic acids is 1. The molecule has 1 aromatic carbocycles. The van der Waals surface area contributed by atoms with Gasteiger partial charge in [-0.3, -0.25) is 14.6 Å². The lowest BCUT2D eigenvalue weighted by Crippen LogP contribution is -2.27. The van der Waals surface area contributed by atoms with E-state index in [2.05, 4.69) is 4.99 Å². The van der Waals surface area contributed by atoms with Gasteiger partial charge in [-0.25, -0.2) is 0 Å². The molecular formula is C10H8N2O3. The first-order valence-electron chi connectivity index (χ1n) is 4.30. The molecular weight excluding hydrogens is 196 g/mol. The zero-order chi connectivity index (χ0) is 11.0. The zero-order valence-electron chi connectivity index (χ0n) is 7.68. The number of Topliss-reactive ketones (excluding diaryl/α,β-unsaturated/α-hetero) is 1. The quantitative estimate of drug-likeness (QED) is 0.524. The SMILES string of the molecule is Nc1ccc2c(c1)N=CC(C(=O)O)C2=O. The van der Waals surface area contributed by atoms with Crippen molar-refractivity contribution in [3.63, 3.8) is 0 Å². The minimum absolute atomic E-state index is 0.305. The summed E-state index contributed by atoms with van der Waals surface area (Å²) in [6.45, 7) is 0. The van der Waals surface area contributed by atoms with Crippen LogP contribution in [0.1, 0.15) is 10.4 Å². The molecule has 1 aliphatic heterocycles. The zero-order valence-corrected chi connectivity index (χ0v) is 7.68. The Labute approximate surface area is 85.2 Å². The van der Waals surface area contributed by atoms with E-state index in [0.717, 1.165) is 6.21 Å². The van der Waals surface area contributed by atoms with E-state index >= 15 is 0 Å². The number of carbonyl (C=O) groups is 2. The van der Waals surface area contributed by atoms with E-state index in [4.69, 9.17) is 10.8 Å². The minimum Gasteiger partial charge on any atom is -0.480 e. The summed E-state index contributed by atoms with van der Waals surface area (Å²) in [6.07, 6.45) is 1.13. The van der Waals surface area contributed by atoms with Crippen LogP contribution in [-0.4, -0.2) is 23.1 Å². The Kier molecular flexibility index (Phi) is 2.00. The van der Waals surface area contributed by atoms with E-state index in [9.17, 15) is 9.59 Å². The van der Waals surface area contributed by atoms with Crippen molar-refractivity contribution in [1.29, 1.82) is 0 Å². The van der Waals surface area contributed by atoms with Gasteiger partial charge in [0, 0.05) is 17.5 Å². The lowest BCUT2D eigenvalue weighted by atomic mass is 9.94. The number of carboxylic acid groups (broad SMARTS) is 1. The maximum atomic E-state index is 11.7. The molecule has 1 aromatic rings. The Morgan fingerprint density at radius 2 is 2.20 bits per heavy atom. The van der Waals surface area contributed by atoms with Crippen LogP contribution < -0.4 is 5.73 Å². The van der Waals surface area contributed by atoms with E-state index in [1.807, 2.05) is 0 Å². The van der Waals surface area contributed by atoms with E-state index in [1.165, 1.54) is 6.07 Å². The van der Waals surface area contributed by atoms with Gasteiger partial charge >= 0.3 is 5.97 Å². The molecule has 0 saturated heterocycles. The summed E-state index contributed by atoms with van der Waals surface area (Å²) in [5.41, 5.74) is 6.75. The molecule has 0 fully saturated rings. The Morgan fingerprint density at radius 1 is 1.47 bits per heavy atom. The number of nitrogens with two attached hydrogens (primary N) is 1. The van der Waals surface area contributed by atoms with Gasteiger partial charge in [0.05, 0.1) is 5.69 Å². The fourth-order valence-corrected chi connectivity index (χ4v) is 1.43. The number of carbonyl (C=O) groups excluding carboxylic acids is 1. The lowest BCUT2D eigenvalue weighted by molar-refractivity contribution is -0.137. The van der Waals surface area contributed by atoms with Gasteiger partial charge in [0.1, 0.15) is 0 Å². The first-order chi connectivity index (χ1) is 7.09. The van der Waals surface area contributed by atoms with Crippen LogP contribution in [0.15, 0.2) is 23.2 Å². The molecule has 15 heavy (non-hydrogen) atoms. The van der Waals surface area contributed by atoms with Crippen molar-refractivity contribution in [1.82, 2.24) is 0 Å². The van der Waals surface area contributed by atoms with Gasteiger partial charge in [-0.1, -0.05) is 0 Å². The molecule has 0 amide bonds. The second kappa shape index (κ2) is 3.20. The normalized spacial score (nSPS) is 18.7. The first kappa shape index (κ1) is 9.39. The molecule has 1 unspecified atom stereocenters. The van der Waals surface area contributed by atoms with Gasteiger partial charge < -0.3 is 10.8 Å². The average Bonchev–Trinajstić information content (AvgIpc) is 2.17. The second-order valence-electron chi connectivity index (χ2n) is 3.23. The topological polar surface area (TPSA) is 92.8 Å². The molecule has 76 valence electrons. The highest BCUT2D eigenvalue weighted by Gasteiger charge is 2.30. The number of rotatable bonds is 1. The number of anilines is 1. The van der Waals surface area contributed by atoms with Crippen molar-refractivity contribution >= 4 is 29.3 Å². The van der Waals surface area contributed by atoms with Crippen molar-refractivity contribution in [2.24, 2.45) is 10.9 Å². The summed E-state index contributed by atoms with van der Waals surface area (Å²) in [7, 11) is 0. The molecule has 0 radical (unpaired) electrons. The Morgan fingerprint density at radius 3 is 2.87 bits per heavy atom. The standard InChI is InChI=1S/C10H8N2O3/c11-5-1-2-6-8(3-5)12-4-7(9(6)13)10(14)15/h1-4,7H,11H2,(H,14,15). The van der Waals surface area contributed by atoms with Crippen LogP contribution in [0.4, 0.5) is 11.4 Å². The molecule has 0 spiro atoms. The van der Waals surface area contributed by atoms with Crippen LogP contribution in [0.5, 0.6) is 0 Å². The smallest absolute Gasteiger partial charge is 0.319 e. The number of carboxylic acids is 1. The van der Waals surface area contributed by atoms with E-state index in [-0.39, 0.29) is 0 Å². The van der Waals surface area contributed by atoms with Crippen LogP contribution >= 0.6 is 0 Å². The summed E-state index contributed by atoms with van der Waals surface area (Å²) < 4.78 is 0. The van der Waals surface area contributed by atoms with Crippen molar-refractivity contribution in [2.75, 3.05) is 5.73 Å². The third kappa shape index (κ3) is 1.48. The van der Waals surface area contributed by atoms with Crippen LogP contribution in [0.25, 0.3) is 0 Å². The predicted molar refractivity (Wildman–Crippen MR) is 54.5 cm³/mol. The molecule has 1 aliphatic rings. The molecule has 0 saturated carbocycles. The third-order valence-electron chi connectivity index (χ3n) is 2.20. The van der Waals surface area contributed by atoms with Gasteiger partial charge in [-0.2, -0.15) is 0 Å². The van der Waals surface area contributed by atoms with Crippen molar-refractivity contribution in [3.8, 4) is 0 Å². The number of ketones is 1. The number of hydrogen-bond donors (Lipinski definition) is 2. The maximum absolute atomic E-state index is 11.7. The monoisotopic (exact) mass is 204 g/mol. The average molecular weight is 204 g/mol. The number of fused-ring (bicyclic) bond motifs is 1. The lowest BCUT2D eigenvalue weighted by Gasteiger charge is -2.13. The molecule has 5 nitrogen and oxygen atoms in total. The number of benzene rings is 1. The summed E-state index contributed by atoms with van der Waals surface area (Å²) in [4.78, 5) is 26.3. The molecule has 0 aromatic heterocycles. The van der Waals surface area contributed by atoms with Crippen LogP contribution in [0.3, 0.4) is 0 Å². The van der Waals surface area contributed by atoms with Gasteiger partial charge in [0.25, 0.3) is 0 Å². The van der Waals surface area contributed by atoms with Crippen molar-refractivity contribution in [2.45, 2.75) is 0 Å². The van der Waals surface area contributed by atoms with Crippen LogP contribution in [0.2, 0.25) is 0 Å². The molecule has 0 bridgehead atoms. The van der Waals surface area contributed by atoms with E-state index in [0.29, 0.717) is 16.9 Å².